The second kappa shape index (κ2) is 6.36. The van der Waals surface area contributed by atoms with E-state index >= 15 is 0 Å². The Morgan fingerprint density at radius 3 is 2.56 bits per heavy atom. The molecule has 1 saturated heterocycles. The molecule has 5 heteroatoms. The zero-order chi connectivity index (χ0) is 17.2. The highest BCUT2D eigenvalue weighted by Gasteiger charge is 2.37. The van der Waals surface area contributed by atoms with Crippen LogP contribution in [0.3, 0.4) is 0 Å². The molecule has 0 aliphatic carbocycles. The van der Waals surface area contributed by atoms with Gasteiger partial charge in [-0.2, -0.15) is 0 Å². The second-order valence-electron chi connectivity index (χ2n) is 5.82. The topological polar surface area (TPSA) is 51.2 Å². The van der Waals surface area contributed by atoms with Gasteiger partial charge in [0, 0.05) is 5.56 Å². The van der Waals surface area contributed by atoms with Crippen molar-refractivity contribution in [2.24, 2.45) is 0 Å². The van der Waals surface area contributed by atoms with Crippen LogP contribution in [0.25, 0.3) is 11.3 Å². The van der Waals surface area contributed by atoms with Crippen molar-refractivity contribution >= 4 is 6.09 Å². The molecule has 0 unspecified atom stereocenters. The Kier molecular flexibility index (Phi) is 3.90. The van der Waals surface area contributed by atoms with Crippen molar-refractivity contribution in [3.05, 3.63) is 89.9 Å². The number of rotatable bonds is 3. The van der Waals surface area contributed by atoms with E-state index in [-0.39, 0.29) is 5.82 Å². The summed E-state index contributed by atoms with van der Waals surface area (Å²) in [6.07, 6.45) is -1.16. The fraction of sp³-hybridized carbons (Fsp3) is 0.100. The Hall–Kier alpha value is -3.21. The predicted molar refractivity (Wildman–Crippen MR) is 91.2 cm³/mol. The third kappa shape index (κ3) is 3.08. The lowest BCUT2D eigenvalue weighted by Gasteiger charge is -2.17. The Morgan fingerprint density at radius 2 is 1.76 bits per heavy atom. The minimum Gasteiger partial charge on any atom is -0.439 e. The number of benzene rings is 2. The van der Waals surface area contributed by atoms with Crippen molar-refractivity contribution in [1.29, 1.82) is 0 Å². The lowest BCUT2D eigenvalue weighted by molar-refractivity contribution is 0.131. The minimum absolute atomic E-state index is 0.370. The molecule has 1 aliphatic rings. The number of ether oxygens (including phenoxy) is 1. The van der Waals surface area contributed by atoms with Crippen LogP contribution in [0, 0.1) is 5.82 Å². The highest BCUT2D eigenvalue weighted by Crippen LogP contribution is 2.36. The molecule has 124 valence electrons. The van der Waals surface area contributed by atoms with E-state index in [2.05, 4.69) is 10.3 Å². The first kappa shape index (κ1) is 15.3. The van der Waals surface area contributed by atoms with E-state index in [1.165, 1.54) is 12.1 Å². The van der Waals surface area contributed by atoms with Gasteiger partial charge in [0.25, 0.3) is 0 Å². The summed E-state index contributed by atoms with van der Waals surface area (Å²) in [6.45, 7) is 0. The number of carbonyl (C=O) groups excluding carboxylic acids is 1. The molecule has 4 rings (SSSR count). The van der Waals surface area contributed by atoms with Gasteiger partial charge in [0.2, 0.25) is 0 Å². The molecule has 2 heterocycles. The molecule has 0 bridgehead atoms. The maximum absolute atomic E-state index is 13.6. The van der Waals surface area contributed by atoms with E-state index in [1.54, 1.807) is 12.1 Å². The van der Waals surface area contributed by atoms with Gasteiger partial charge in [-0.15, -0.1) is 0 Å². The molecule has 1 aromatic heterocycles. The number of nitrogens with one attached hydrogen (secondary N) is 1. The van der Waals surface area contributed by atoms with Crippen LogP contribution in [0.15, 0.2) is 72.8 Å². The molecule has 3 aromatic rings. The largest absolute Gasteiger partial charge is 0.439 e. The van der Waals surface area contributed by atoms with Gasteiger partial charge in [0.1, 0.15) is 11.9 Å². The summed E-state index contributed by atoms with van der Waals surface area (Å²) in [7, 11) is 0. The van der Waals surface area contributed by atoms with Gasteiger partial charge in [-0.1, -0.05) is 48.5 Å². The number of cyclic esters (lactones) is 1. The first-order chi connectivity index (χ1) is 12.2. The first-order valence-electron chi connectivity index (χ1n) is 7.96. The zero-order valence-electron chi connectivity index (χ0n) is 13.2. The quantitative estimate of drug-likeness (QED) is 0.772. The molecule has 0 radical (unpaired) electrons. The van der Waals surface area contributed by atoms with Crippen LogP contribution in [0.5, 0.6) is 0 Å². The summed E-state index contributed by atoms with van der Waals surface area (Å²) < 4.78 is 18.9. The van der Waals surface area contributed by atoms with Gasteiger partial charge in [-0.3, -0.25) is 4.98 Å². The lowest BCUT2D eigenvalue weighted by atomic mass is 9.99. The maximum Gasteiger partial charge on any atom is 0.408 e. The summed E-state index contributed by atoms with van der Waals surface area (Å²) in [4.78, 5) is 16.5. The van der Waals surface area contributed by atoms with Crippen LogP contribution < -0.4 is 5.32 Å². The van der Waals surface area contributed by atoms with E-state index in [0.717, 1.165) is 11.3 Å². The van der Waals surface area contributed by atoms with E-state index in [4.69, 9.17) is 4.74 Å². The van der Waals surface area contributed by atoms with Crippen LogP contribution >= 0.6 is 0 Å². The Labute approximate surface area is 144 Å². The molecular formula is C20H15FN2O2. The number of amides is 1. The molecule has 0 saturated carbocycles. The molecule has 2 aromatic carbocycles. The molecule has 4 nitrogen and oxygen atoms in total. The second-order valence-corrected chi connectivity index (χ2v) is 5.82. The number of hydrogen-bond donors (Lipinski definition) is 1. The van der Waals surface area contributed by atoms with E-state index < -0.39 is 18.2 Å². The average molecular weight is 334 g/mol. The number of halogens is 1. The number of carbonyl (C=O) groups is 1. The van der Waals surface area contributed by atoms with Crippen LogP contribution in [0.2, 0.25) is 0 Å². The number of pyridine rings is 1. The number of nitrogens with zero attached hydrogens (tertiary/aromatic N) is 1. The van der Waals surface area contributed by atoms with Crippen molar-refractivity contribution in [2.75, 3.05) is 0 Å². The molecule has 1 N–H and O–H groups in total. The smallest absolute Gasteiger partial charge is 0.408 e. The molecule has 1 fully saturated rings. The Morgan fingerprint density at radius 1 is 0.960 bits per heavy atom. The van der Waals surface area contributed by atoms with Crippen LogP contribution in [-0.2, 0) is 4.74 Å². The van der Waals surface area contributed by atoms with Gasteiger partial charge in [-0.05, 0) is 29.8 Å². The molecule has 2 atom stereocenters. The van der Waals surface area contributed by atoms with Gasteiger partial charge >= 0.3 is 6.09 Å². The Bertz CT molecular complexity index is 914. The standard InChI is InChI=1S/C20H15FN2O2/c21-15-9-4-8-14(12-15)19-18(23-20(24)25-19)17-11-5-10-16(22-17)13-6-2-1-3-7-13/h1-12,18-19H,(H,23,24)/t18-,19-/m1/s1. The minimum atomic E-state index is -0.623. The van der Waals surface area contributed by atoms with E-state index in [0.29, 0.717) is 11.3 Å². The predicted octanol–water partition coefficient (Wildman–Crippen LogP) is 4.41. The number of aromatic nitrogens is 1. The van der Waals surface area contributed by atoms with Crippen LogP contribution in [-0.4, -0.2) is 11.1 Å². The summed E-state index contributed by atoms with van der Waals surface area (Å²) in [5, 5.41) is 2.77. The molecule has 0 spiro atoms. The summed E-state index contributed by atoms with van der Waals surface area (Å²) in [6, 6.07) is 21.0. The monoisotopic (exact) mass is 334 g/mol. The van der Waals surface area contributed by atoms with Crippen LogP contribution in [0.1, 0.15) is 23.4 Å². The maximum atomic E-state index is 13.6. The highest BCUT2D eigenvalue weighted by atomic mass is 19.1. The molecular weight excluding hydrogens is 319 g/mol. The van der Waals surface area contributed by atoms with E-state index in [9.17, 15) is 9.18 Å². The molecule has 25 heavy (non-hydrogen) atoms. The number of hydrogen-bond acceptors (Lipinski definition) is 3. The normalized spacial score (nSPS) is 19.3. The van der Waals surface area contributed by atoms with Gasteiger partial charge < -0.3 is 10.1 Å². The Balaban J connectivity index is 1.71. The van der Waals surface area contributed by atoms with Gasteiger partial charge in [-0.25, -0.2) is 9.18 Å². The summed E-state index contributed by atoms with van der Waals surface area (Å²) in [5.41, 5.74) is 3.05. The SMILES string of the molecule is O=C1N[C@H](c2cccc(-c3ccccc3)n2)[C@@H](c2cccc(F)c2)O1. The van der Waals surface area contributed by atoms with Crippen molar-refractivity contribution in [3.8, 4) is 11.3 Å². The molecule has 1 amide bonds. The fourth-order valence-electron chi connectivity index (χ4n) is 2.99. The fourth-order valence-corrected chi connectivity index (χ4v) is 2.99. The van der Waals surface area contributed by atoms with Crippen molar-refractivity contribution in [2.45, 2.75) is 12.1 Å². The average Bonchev–Trinajstić information content (AvgIpc) is 3.04. The van der Waals surface area contributed by atoms with Gasteiger partial charge in [0.05, 0.1) is 11.4 Å². The van der Waals surface area contributed by atoms with Crippen molar-refractivity contribution in [1.82, 2.24) is 10.3 Å². The third-order valence-electron chi connectivity index (χ3n) is 4.15. The van der Waals surface area contributed by atoms with Crippen molar-refractivity contribution < 1.29 is 13.9 Å². The van der Waals surface area contributed by atoms with E-state index in [1.807, 2.05) is 48.5 Å². The highest BCUT2D eigenvalue weighted by molar-refractivity contribution is 5.71. The van der Waals surface area contributed by atoms with Crippen molar-refractivity contribution in [3.63, 3.8) is 0 Å². The lowest BCUT2D eigenvalue weighted by Crippen LogP contribution is -2.20. The number of alkyl carbamates (subject to hydrolysis) is 1. The summed E-state index contributed by atoms with van der Waals surface area (Å²) >= 11 is 0. The van der Waals surface area contributed by atoms with Gasteiger partial charge in [0.15, 0.2) is 6.10 Å². The zero-order valence-corrected chi connectivity index (χ0v) is 13.2. The first-order valence-corrected chi connectivity index (χ1v) is 7.96. The molecule has 1 aliphatic heterocycles. The van der Waals surface area contributed by atoms with Crippen LogP contribution in [0.4, 0.5) is 9.18 Å². The third-order valence-corrected chi connectivity index (χ3v) is 4.15. The summed E-state index contributed by atoms with van der Waals surface area (Å²) in [5.74, 6) is -0.370.